The van der Waals surface area contributed by atoms with Crippen LogP contribution in [0.1, 0.15) is 35.2 Å². The Kier molecular flexibility index (Phi) is 11.6. The first-order chi connectivity index (χ1) is 18.1. The standard InChI is InChI=1S/C20H22N2.2C4H4O4/c1-22-13-10-16(11-14-22)19-18-7-3-2-5-15(18)8-9-17-6-4-12-21-20(17)19;2*5-3(6)1-2-4(7)8/h2-7,12H,8-11,13-14H2,1H3;2*1-2H,(H,5,6)(H,7,8)/p-4/b;2*2-1-. The van der Waals surface area contributed by atoms with Crippen molar-refractivity contribution in [2.45, 2.75) is 25.7 Å². The lowest BCUT2D eigenvalue weighted by Gasteiger charge is -2.27. The molecular formula is C28H26N2O8-4. The molecule has 10 nitrogen and oxygen atoms in total. The molecular weight excluding hydrogens is 492 g/mol. The van der Waals surface area contributed by atoms with E-state index in [0.717, 1.165) is 38.8 Å². The van der Waals surface area contributed by atoms with Crippen molar-refractivity contribution < 1.29 is 39.6 Å². The van der Waals surface area contributed by atoms with Crippen molar-refractivity contribution >= 4 is 29.5 Å². The number of carboxylic acid groups (broad SMARTS) is 4. The van der Waals surface area contributed by atoms with Crippen LogP contribution in [0.3, 0.4) is 0 Å². The third kappa shape index (κ3) is 9.82. The summed E-state index contributed by atoms with van der Waals surface area (Å²) in [5.41, 5.74) is 8.54. The Morgan fingerprint density at radius 2 is 1.18 bits per heavy atom. The molecule has 1 aromatic carbocycles. The molecule has 10 heteroatoms. The van der Waals surface area contributed by atoms with Crippen molar-refractivity contribution in [3.8, 4) is 0 Å². The number of likely N-dealkylation sites (tertiary alicyclic amines) is 1. The zero-order chi connectivity index (χ0) is 28.1. The van der Waals surface area contributed by atoms with E-state index in [1.54, 1.807) is 5.57 Å². The van der Waals surface area contributed by atoms with Crippen LogP contribution in [0.2, 0.25) is 0 Å². The molecule has 200 valence electrons. The molecule has 1 aliphatic carbocycles. The van der Waals surface area contributed by atoms with Crippen LogP contribution < -0.4 is 20.4 Å². The van der Waals surface area contributed by atoms with Crippen LogP contribution in [0, 0.1) is 0 Å². The molecule has 0 bridgehead atoms. The summed E-state index contributed by atoms with van der Waals surface area (Å²) in [6.07, 6.45) is 8.02. The Bertz CT molecular complexity index is 1140. The number of aromatic nitrogens is 1. The largest absolute Gasteiger partial charge is 0.545 e. The zero-order valence-electron chi connectivity index (χ0n) is 20.8. The van der Waals surface area contributed by atoms with Gasteiger partial charge in [-0.2, -0.15) is 0 Å². The van der Waals surface area contributed by atoms with E-state index in [1.807, 2.05) is 6.20 Å². The van der Waals surface area contributed by atoms with Crippen LogP contribution in [0.25, 0.3) is 5.57 Å². The van der Waals surface area contributed by atoms with E-state index >= 15 is 0 Å². The van der Waals surface area contributed by atoms with Gasteiger partial charge in [0.15, 0.2) is 0 Å². The number of rotatable bonds is 4. The minimum Gasteiger partial charge on any atom is -0.545 e. The van der Waals surface area contributed by atoms with Crippen LogP contribution in [0.4, 0.5) is 0 Å². The molecule has 38 heavy (non-hydrogen) atoms. The topological polar surface area (TPSA) is 177 Å². The second-order valence-electron chi connectivity index (χ2n) is 8.39. The van der Waals surface area contributed by atoms with Crippen molar-refractivity contribution in [2.24, 2.45) is 0 Å². The van der Waals surface area contributed by atoms with Crippen molar-refractivity contribution in [2.75, 3.05) is 20.1 Å². The van der Waals surface area contributed by atoms with Gasteiger partial charge >= 0.3 is 0 Å². The summed E-state index contributed by atoms with van der Waals surface area (Å²) >= 11 is 0. The van der Waals surface area contributed by atoms with Gasteiger partial charge in [0.25, 0.3) is 0 Å². The number of pyridine rings is 1. The van der Waals surface area contributed by atoms with Crippen molar-refractivity contribution in [1.29, 1.82) is 0 Å². The van der Waals surface area contributed by atoms with E-state index in [-0.39, 0.29) is 0 Å². The highest BCUT2D eigenvalue weighted by molar-refractivity contribution is 5.88. The number of hydrogen-bond donors (Lipinski definition) is 0. The van der Waals surface area contributed by atoms with Gasteiger partial charge in [-0.3, -0.25) is 4.98 Å². The lowest BCUT2D eigenvalue weighted by molar-refractivity contribution is -0.301. The highest BCUT2D eigenvalue weighted by atomic mass is 16.4. The average molecular weight is 519 g/mol. The first-order valence-electron chi connectivity index (χ1n) is 11.7. The lowest BCUT2D eigenvalue weighted by atomic mass is 9.89. The Hall–Kier alpha value is -4.57. The molecule has 1 aliphatic heterocycles. The second kappa shape index (κ2) is 14.9. The predicted octanol–water partition coefficient (Wildman–Crippen LogP) is -2.21. The minimum atomic E-state index is -1.55. The van der Waals surface area contributed by atoms with Gasteiger partial charge in [0, 0.05) is 24.9 Å². The van der Waals surface area contributed by atoms with Crippen molar-refractivity contribution in [3.05, 3.63) is 94.9 Å². The molecule has 2 aromatic rings. The van der Waals surface area contributed by atoms with E-state index in [9.17, 15) is 39.6 Å². The van der Waals surface area contributed by atoms with Gasteiger partial charge in [0.2, 0.25) is 0 Å². The molecule has 0 atom stereocenters. The fourth-order valence-corrected chi connectivity index (χ4v) is 4.01. The summed E-state index contributed by atoms with van der Waals surface area (Å²) < 4.78 is 0. The van der Waals surface area contributed by atoms with Gasteiger partial charge in [0.05, 0.1) is 29.6 Å². The predicted molar refractivity (Wildman–Crippen MR) is 129 cm³/mol. The van der Waals surface area contributed by atoms with E-state index < -0.39 is 23.9 Å². The number of hydrogen-bond acceptors (Lipinski definition) is 10. The molecule has 2 heterocycles. The molecule has 0 saturated carbocycles. The summed E-state index contributed by atoms with van der Waals surface area (Å²) in [5, 5.41) is 37.7. The van der Waals surface area contributed by atoms with E-state index in [4.69, 9.17) is 4.98 Å². The maximum absolute atomic E-state index is 9.41. The molecule has 0 unspecified atom stereocenters. The molecule has 0 radical (unpaired) electrons. The minimum absolute atomic E-state index is 0.384. The molecule has 1 aromatic heterocycles. The third-order valence-electron chi connectivity index (χ3n) is 5.73. The first kappa shape index (κ1) is 29.7. The van der Waals surface area contributed by atoms with Gasteiger partial charge in [-0.25, -0.2) is 0 Å². The Labute approximate surface area is 219 Å². The number of nitrogens with zero attached hydrogens (tertiary/aromatic N) is 2. The second-order valence-corrected chi connectivity index (χ2v) is 8.39. The summed E-state index contributed by atoms with van der Waals surface area (Å²) in [6.45, 7) is 2.31. The van der Waals surface area contributed by atoms with E-state index in [2.05, 4.69) is 48.3 Å². The van der Waals surface area contributed by atoms with Crippen LogP contribution >= 0.6 is 0 Å². The van der Waals surface area contributed by atoms with Crippen molar-refractivity contribution in [1.82, 2.24) is 9.88 Å². The summed E-state index contributed by atoms with van der Waals surface area (Å²) in [6, 6.07) is 13.2. The Balaban J connectivity index is 0.000000264. The zero-order valence-corrected chi connectivity index (χ0v) is 20.8. The molecule has 0 amide bonds. The number of aliphatic carboxylic acids is 4. The van der Waals surface area contributed by atoms with Crippen molar-refractivity contribution in [3.63, 3.8) is 0 Å². The Morgan fingerprint density at radius 1 is 0.711 bits per heavy atom. The smallest absolute Gasteiger partial charge is 0.0739 e. The molecule has 1 fully saturated rings. The Morgan fingerprint density at radius 3 is 1.71 bits per heavy atom. The number of carboxylic acids is 4. The number of fused-ring (bicyclic) bond motifs is 2. The fourth-order valence-electron chi connectivity index (χ4n) is 4.01. The molecule has 0 N–H and O–H groups in total. The monoisotopic (exact) mass is 518 g/mol. The summed E-state index contributed by atoms with van der Waals surface area (Å²) in [4.78, 5) is 44.9. The number of carbonyl (C=O) groups is 4. The number of carbonyl (C=O) groups excluding carboxylic acids is 4. The number of aryl methyl sites for hydroxylation is 2. The van der Waals surface area contributed by atoms with Gasteiger partial charge < -0.3 is 44.5 Å². The summed E-state index contributed by atoms with van der Waals surface area (Å²) in [5.74, 6) is -6.19. The van der Waals surface area contributed by atoms with Crippen LogP contribution in [0.15, 0.2) is 72.5 Å². The maximum Gasteiger partial charge on any atom is 0.0739 e. The first-order valence-corrected chi connectivity index (χ1v) is 11.7. The van der Waals surface area contributed by atoms with Gasteiger partial charge in [-0.15, -0.1) is 0 Å². The number of benzene rings is 1. The third-order valence-corrected chi connectivity index (χ3v) is 5.73. The highest BCUT2D eigenvalue weighted by Gasteiger charge is 2.23. The van der Waals surface area contributed by atoms with Gasteiger partial charge in [-0.1, -0.05) is 35.9 Å². The van der Waals surface area contributed by atoms with Gasteiger partial charge in [-0.05, 0) is 79.8 Å². The lowest BCUT2D eigenvalue weighted by Crippen LogP contribution is -2.27. The average Bonchev–Trinajstić information content (AvgIpc) is 3.05. The summed E-state index contributed by atoms with van der Waals surface area (Å²) in [7, 11) is 2.22. The normalized spacial score (nSPS) is 14.8. The highest BCUT2D eigenvalue weighted by Crippen LogP contribution is 2.37. The van der Waals surface area contributed by atoms with Gasteiger partial charge in [0.1, 0.15) is 0 Å². The molecule has 2 aliphatic rings. The van der Waals surface area contributed by atoms with Crippen LogP contribution in [0.5, 0.6) is 0 Å². The van der Waals surface area contributed by atoms with Crippen LogP contribution in [-0.2, 0) is 32.0 Å². The molecule has 1 saturated heterocycles. The van der Waals surface area contributed by atoms with E-state index in [1.165, 1.54) is 28.0 Å². The molecule has 0 spiro atoms. The maximum atomic E-state index is 9.41. The fraction of sp³-hybridized carbons (Fsp3) is 0.250. The molecule has 4 rings (SSSR count). The quantitative estimate of drug-likeness (QED) is 0.403. The van der Waals surface area contributed by atoms with E-state index in [0.29, 0.717) is 24.3 Å². The number of piperidine rings is 1. The van der Waals surface area contributed by atoms with Crippen LogP contribution in [-0.4, -0.2) is 53.9 Å². The SMILES string of the molecule is CN1CCC(=C2c3ccccc3CCc3cccnc32)CC1.O=C([O-])/C=C\C(=O)[O-].O=C([O-])/C=C\C(=O)[O-].